The first-order valence-electron chi connectivity index (χ1n) is 11.2. The number of aliphatic hydroxyl groups is 1. The highest BCUT2D eigenvalue weighted by atomic mass is 35.5. The SMILES string of the molecule is CCCOc1c(C(=O)O)ccc(-c2ccccc2)c1CCCNC[C@H](O)c1cccc(Cl)c1. The summed E-state index contributed by atoms with van der Waals surface area (Å²) in [5.74, 6) is -0.547. The van der Waals surface area contributed by atoms with E-state index in [1.807, 2.05) is 55.5 Å². The van der Waals surface area contributed by atoms with Crippen LogP contribution in [-0.4, -0.2) is 35.9 Å². The third kappa shape index (κ3) is 6.81. The van der Waals surface area contributed by atoms with Gasteiger partial charge in [-0.05, 0) is 60.7 Å². The first kappa shape index (κ1) is 24.8. The summed E-state index contributed by atoms with van der Waals surface area (Å²) in [6.45, 7) is 3.52. The van der Waals surface area contributed by atoms with E-state index in [9.17, 15) is 15.0 Å². The van der Waals surface area contributed by atoms with Crippen LogP contribution in [0.25, 0.3) is 11.1 Å². The van der Waals surface area contributed by atoms with Gasteiger partial charge in [0.25, 0.3) is 0 Å². The summed E-state index contributed by atoms with van der Waals surface area (Å²) < 4.78 is 5.95. The highest BCUT2D eigenvalue weighted by Crippen LogP contribution is 2.35. The quantitative estimate of drug-likeness (QED) is 0.295. The Bertz CT molecular complexity index is 1060. The van der Waals surface area contributed by atoms with Crippen LogP contribution in [0, 0.1) is 0 Å². The van der Waals surface area contributed by atoms with Gasteiger partial charge in [-0.3, -0.25) is 0 Å². The predicted octanol–water partition coefficient (Wildman–Crippen LogP) is 5.75. The minimum atomic E-state index is -0.996. The third-order valence-electron chi connectivity index (χ3n) is 5.38. The third-order valence-corrected chi connectivity index (χ3v) is 5.61. The van der Waals surface area contributed by atoms with E-state index in [2.05, 4.69) is 5.32 Å². The second-order valence-electron chi connectivity index (χ2n) is 7.87. The molecule has 0 aliphatic rings. The molecule has 33 heavy (non-hydrogen) atoms. The van der Waals surface area contributed by atoms with Crippen LogP contribution in [0.1, 0.15) is 47.4 Å². The lowest BCUT2D eigenvalue weighted by molar-refractivity contribution is 0.0692. The van der Waals surface area contributed by atoms with Crippen LogP contribution >= 0.6 is 11.6 Å². The fourth-order valence-corrected chi connectivity index (χ4v) is 3.96. The molecule has 0 heterocycles. The number of rotatable bonds is 12. The Morgan fingerprint density at radius 3 is 2.58 bits per heavy atom. The number of aliphatic hydroxyl groups excluding tert-OH is 1. The average molecular weight is 468 g/mol. The minimum Gasteiger partial charge on any atom is -0.492 e. The predicted molar refractivity (Wildman–Crippen MR) is 132 cm³/mol. The van der Waals surface area contributed by atoms with Crippen molar-refractivity contribution in [3.05, 3.63) is 88.4 Å². The topological polar surface area (TPSA) is 78.8 Å². The van der Waals surface area contributed by atoms with Crippen molar-refractivity contribution in [3.8, 4) is 16.9 Å². The first-order chi connectivity index (χ1) is 16.0. The van der Waals surface area contributed by atoms with Crippen LogP contribution < -0.4 is 10.1 Å². The molecule has 0 unspecified atom stereocenters. The van der Waals surface area contributed by atoms with Crippen molar-refractivity contribution < 1.29 is 19.7 Å². The fraction of sp³-hybridized carbons (Fsp3) is 0.296. The number of nitrogens with one attached hydrogen (secondary N) is 1. The summed E-state index contributed by atoms with van der Waals surface area (Å²) in [6, 6.07) is 20.6. The highest BCUT2D eigenvalue weighted by Gasteiger charge is 2.20. The molecule has 0 fully saturated rings. The Hall–Kier alpha value is -2.86. The first-order valence-corrected chi connectivity index (χ1v) is 11.6. The van der Waals surface area contributed by atoms with E-state index in [4.69, 9.17) is 16.3 Å². The van der Waals surface area contributed by atoms with Crippen molar-refractivity contribution in [1.82, 2.24) is 5.32 Å². The molecule has 3 rings (SSSR count). The molecule has 0 bridgehead atoms. The molecule has 1 atom stereocenters. The van der Waals surface area contributed by atoms with E-state index in [-0.39, 0.29) is 5.56 Å². The number of halogens is 1. The van der Waals surface area contributed by atoms with Crippen molar-refractivity contribution in [2.45, 2.75) is 32.3 Å². The zero-order chi connectivity index (χ0) is 23.6. The van der Waals surface area contributed by atoms with Crippen LogP contribution in [0.15, 0.2) is 66.7 Å². The summed E-state index contributed by atoms with van der Waals surface area (Å²) in [5, 5.41) is 24.0. The second kappa shape index (κ2) is 12.4. The van der Waals surface area contributed by atoms with Crippen LogP contribution in [0.5, 0.6) is 5.75 Å². The van der Waals surface area contributed by atoms with Gasteiger partial charge in [0.1, 0.15) is 11.3 Å². The number of carbonyl (C=O) groups is 1. The molecule has 0 spiro atoms. The maximum atomic E-state index is 11.9. The summed E-state index contributed by atoms with van der Waals surface area (Å²) in [4.78, 5) is 11.9. The molecule has 3 aromatic rings. The van der Waals surface area contributed by atoms with Gasteiger partial charge in [-0.25, -0.2) is 4.79 Å². The van der Waals surface area contributed by atoms with E-state index in [0.717, 1.165) is 35.1 Å². The number of hydrogen-bond donors (Lipinski definition) is 3. The van der Waals surface area contributed by atoms with Crippen molar-refractivity contribution in [1.29, 1.82) is 0 Å². The molecule has 0 saturated carbocycles. The number of benzene rings is 3. The maximum absolute atomic E-state index is 11.9. The van der Waals surface area contributed by atoms with Crippen molar-refractivity contribution in [2.24, 2.45) is 0 Å². The van der Waals surface area contributed by atoms with Gasteiger partial charge in [0.05, 0.1) is 12.7 Å². The minimum absolute atomic E-state index is 0.183. The monoisotopic (exact) mass is 467 g/mol. The lowest BCUT2D eigenvalue weighted by Crippen LogP contribution is -2.23. The highest BCUT2D eigenvalue weighted by molar-refractivity contribution is 6.30. The molecule has 0 aliphatic carbocycles. The Morgan fingerprint density at radius 1 is 1.09 bits per heavy atom. The van der Waals surface area contributed by atoms with Gasteiger partial charge in [0.15, 0.2) is 0 Å². The Kier molecular flexibility index (Phi) is 9.31. The number of ether oxygens (including phenoxy) is 1. The van der Waals surface area contributed by atoms with Crippen molar-refractivity contribution in [2.75, 3.05) is 19.7 Å². The van der Waals surface area contributed by atoms with Gasteiger partial charge < -0.3 is 20.3 Å². The molecule has 0 saturated heterocycles. The lowest BCUT2D eigenvalue weighted by Gasteiger charge is -2.19. The summed E-state index contributed by atoms with van der Waals surface area (Å²) in [5.41, 5.74) is 3.85. The number of carboxylic acids is 1. The molecule has 3 aromatic carbocycles. The molecule has 0 aliphatic heterocycles. The van der Waals surface area contributed by atoms with Crippen LogP contribution in [-0.2, 0) is 6.42 Å². The summed E-state index contributed by atoms with van der Waals surface area (Å²) >= 11 is 6.01. The van der Waals surface area contributed by atoms with E-state index in [1.54, 1.807) is 18.2 Å². The van der Waals surface area contributed by atoms with Crippen LogP contribution in [0.3, 0.4) is 0 Å². The van der Waals surface area contributed by atoms with Gasteiger partial charge in [0.2, 0.25) is 0 Å². The van der Waals surface area contributed by atoms with Gasteiger partial charge in [0, 0.05) is 17.1 Å². The fourth-order valence-electron chi connectivity index (χ4n) is 3.76. The molecule has 0 amide bonds. The zero-order valence-corrected chi connectivity index (χ0v) is 19.5. The molecular formula is C27H30ClNO4. The Labute approximate surface area is 200 Å². The smallest absolute Gasteiger partial charge is 0.339 e. The van der Waals surface area contributed by atoms with Gasteiger partial charge >= 0.3 is 5.97 Å². The van der Waals surface area contributed by atoms with Crippen LogP contribution in [0.4, 0.5) is 0 Å². The Balaban J connectivity index is 1.74. The largest absolute Gasteiger partial charge is 0.492 e. The molecule has 6 heteroatoms. The molecule has 0 radical (unpaired) electrons. The molecule has 3 N–H and O–H groups in total. The normalized spacial score (nSPS) is 11.8. The molecular weight excluding hydrogens is 438 g/mol. The van der Waals surface area contributed by atoms with Crippen molar-refractivity contribution >= 4 is 17.6 Å². The second-order valence-corrected chi connectivity index (χ2v) is 8.30. The number of carboxylic acid groups (broad SMARTS) is 1. The van der Waals surface area contributed by atoms with Gasteiger partial charge in [-0.15, -0.1) is 0 Å². The number of aromatic carboxylic acids is 1. The summed E-state index contributed by atoms with van der Waals surface area (Å²) in [6.07, 6.45) is 1.54. The zero-order valence-electron chi connectivity index (χ0n) is 18.8. The standard InChI is InChI=1S/C27H30ClNO4/c1-2-16-33-26-23(12-7-15-29-18-25(30)20-10-6-11-21(28)17-20)22(13-14-24(26)27(31)32)19-8-4-3-5-9-19/h3-6,8-11,13-14,17,25,29-30H,2,7,12,15-16,18H2,1H3,(H,31,32)/t25-/m0/s1. The molecule has 174 valence electrons. The van der Waals surface area contributed by atoms with Crippen LogP contribution in [0.2, 0.25) is 5.02 Å². The lowest BCUT2D eigenvalue weighted by atomic mass is 9.93. The van der Waals surface area contributed by atoms with Gasteiger partial charge in [-0.2, -0.15) is 0 Å². The maximum Gasteiger partial charge on any atom is 0.339 e. The summed E-state index contributed by atoms with van der Waals surface area (Å²) in [7, 11) is 0. The van der Waals surface area contributed by atoms with Crippen molar-refractivity contribution in [3.63, 3.8) is 0 Å². The Morgan fingerprint density at radius 2 is 1.88 bits per heavy atom. The molecule has 5 nitrogen and oxygen atoms in total. The average Bonchev–Trinajstić information content (AvgIpc) is 2.82. The van der Waals surface area contributed by atoms with E-state index >= 15 is 0 Å². The van der Waals surface area contributed by atoms with Gasteiger partial charge in [-0.1, -0.05) is 67.1 Å². The van der Waals surface area contributed by atoms with E-state index < -0.39 is 12.1 Å². The number of hydrogen-bond acceptors (Lipinski definition) is 4. The van der Waals surface area contributed by atoms with E-state index in [1.165, 1.54) is 0 Å². The van der Waals surface area contributed by atoms with E-state index in [0.29, 0.717) is 36.9 Å². The molecule has 0 aromatic heterocycles.